The third kappa shape index (κ3) is 3.63. The Kier molecular flexibility index (Phi) is 4.66. The van der Waals surface area contributed by atoms with Crippen LogP contribution in [0.5, 0.6) is 5.75 Å². The van der Waals surface area contributed by atoms with Gasteiger partial charge < -0.3 is 15.0 Å². The average molecular weight is 261 g/mol. The number of benzene rings is 1. The summed E-state index contributed by atoms with van der Waals surface area (Å²) in [6.45, 7) is 7.60. The van der Waals surface area contributed by atoms with Gasteiger partial charge in [-0.1, -0.05) is 19.1 Å². The van der Waals surface area contributed by atoms with E-state index in [0.29, 0.717) is 0 Å². The topological polar surface area (TPSA) is 36.9 Å². The van der Waals surface area contributed by atoms with Crippen LogP contribution < -0.4 is 10.1 Å². The molecule has 1 N–H and O–H groups in total. The number of aliphatic imine (C=N–C) groups is 1. The lowest BCUT2D eigenvalue weighted by atomic mass is 10.1. The highest BCUT2D eigenvalue weighted by molar-refractivity contribution is 5.81. The van der Waals surface area contributed by atoms with Gasteiger partial charge in [-0.25, -0.2) is 0 Å². The third-order valence-electron chi connectivity index (χ3n) is 3.18. The highest BCUT2D eigenvalue weighted by atomic mass is 16.5. The van der Waals surface area contributed by atoms with E-state index >= 15 is 0 Å². The molecule has 0 aromatic heterocycles. The lowest BCUT2D eigenvalue weighted by molar-refractivity contribution is 0.313. The van der Waals surface area contributed by atoms with Crippen LogP contribution >= 0.6 is 0 Å². The van der Waals surface area contributed by atoms with Crippen LogP contribution in [0.1, 0.15) is 24.5 Å². The van der Waals surface area contributed by atoms with E-state index in [4.69, 9.17) is 4.74 Å². The minimum atomic E-state index is 0.752. The van der Waals surface area contributed by atoms with Crippen LogP contribution in [0, 0.1) is 6.92 Å². The predicted molar refractivity (Wildman–Crippen MR) is 78.7 cm³/mol. The van der Waals surface area contributed by atoms with Crippen LogP contribution in [0.2, 0.25) is 0 Å². The maximum Gasteiger partial charge on any atom is 0.194 e. The fraction of sp³-hybridized carbons (Fsp3) is 0.533. The van der Waals surface area contributed by atoms with Gasteiger partial charge in [0.2, 0.25) is 0 Å². The zero-order chi connectivity index (χ0) is 13.7. The molecule has 0 radical (unpaired) electrons. The maximum absolute atomic E-state index is 5.82. The van der Waals surface area contributed by atoms with Crippen molar-refractivity contribution in [3.05, 3.63) is 29.3 Å². The second kappa shape index (κ2) is 6.45. The fourth-order valence-corrected chi connectivity index (χ4v) is 2.05. The molecular formula is C15H23N3O. The van der Waals surface area contributed by atoms with Crippen LogP contribution in [-0.4, -0.2) is 37.6 Å². The molecule has 1 aliphatic heterocycles. The van der Waals surface area contributed by atoms with E-state index in [1.807, 2.05) is 0 Å². The number of likely N-dealkylation sites (N-methyl/N-ethyl adjacent to an activating group) is 1. The van der Waals surface area contributed by atoms with Crippen molar-refractivity contribution in [1.29, 1.82) is 0 Å². The molecule has 0 bridgehead atoms. The van der Waals surface area contributed by atoms with E-state index in [9.17, 15) is 0 Å². The van der Waals surface area contributed by atoms with Crippen molar-refractivity contribution < 1.29 is 4.74 Å². The number of ether oxygens (including phenoxy) is 1. The minimum Gasteiger partial charge on any atom is -0.493 e. The minimum absolute atomic E-state index is 0.752. The van der Waals surface area contributed by atoms with Gasteiger partial charge in [0.05, 0.1) is 13.2 Å². The van der Waals surface area contributed by atoms with Crippen molar-refractivity contribution in [2.45, 2.75) is 26.8 Å². The fourth-order valence-electron chi connectivity index (χ4n) is 2.05. The van der Waals surface area contributed by atoms with Crippen molar-refractivity contribution in [2.24, 2.45) is 4.99 Å². The number of rotatable bonds is 5. The van der Waals surface area contributed by atoms with E-state index in [2.05, 4.69) is 54.3 Å². The van der Waals surface area contributed by atoms with Crippen LogP contribution in [0.3, 0.4) is 0 Å². The smallest absolute Gasteiger partial charge is 0.194 e. The summed E-state index contributed by atoms with van der Waals surface area (Å²) in [7, 11) is 2.06. The van der Waals surface area contributed by atoms with Gasteiger partial charge in [-0.15, -0.1) is 0 Å². The second-order valence-corrected chi connectivity index (χ2v) is 4.94. The molecule has 2 rings (SSSR count). The largest absolute Gasteiger partial charge is 0.493 e. The third-order valence-corrected chi connectivity index (χ3v) is 3.18. The highest BCUT2D eigenvalue weighted by Gasteiger charge is 2.12. The zero-order valence-electron chi connectivity index (χ0n) is 12.1. The number of guanidine groups is 1. The molecule has 4 heteroatoms. The number of nitrogens with one attached hydrogen (secondary N) is 1. The summed E-state index contributed by atoms with van der Waals surface area (Å²) in [4.78, 5) is 6.57. The molecule has 0 aliphatic carbocycles. The Labute approximate surface area is 115 Å². The molecular weight excluding hydrogens is 238 g/mol. The molecule has 0 spiro atoms. The molecule has 19 heavy (non-hydrogen) atoms. The summed E-state index contributed by atoms with van der Waals surface area (Å²) in [5, 5.41) is 3.38. The SMILES string of the molecule is CCCOc1cc(C)ccc1CNC1=NCCN1C. The van der Waals surface area contributed by atoms with Crippen molar-refractivity contribution in [2.75, 3.05) is 26.7 Å². The molecule has 1 aromatic carbocycles. The quantitative estimate of drug-likeness (QED) is 0.882. The molecule has 104 valence electrons. The van der Waals surface area contributed by atoms with E-state index in [-0.39, 0.29) is 0 Å². The van der Waals surface area contributed by atoms with Crippen LogP contribution in [0.4, 0.5) is 0 Å². The van der Waals surface area contributed by atoms with Crippen molar-refractivity contribution in [1.82, 2.24) is 10.2 Å². The first kappa shape index (κ1) is 13.7. The number of hydrogen-bond acceptors (Lipinski definition) is 4. The number of nitrogens with zero attached hydrogens (tertiary/aromatic N) is 2. The Morgan fingerprint density at radius 2 is 2.26 bits per heavy atom. The lowest BCUT2D eigenvalue weighted by Crippen LogP contribution is -2.35. The Morgan fingerprint density at radius 3 is 2.95 bits per heavy atom. The molecule has 0 unspecified atom stereocenters. The molecule has 1 aromatic rings. The molecule has 0 saturated heterocycles. The summed E-state index contributed by atoms with van der Waals surface area (Å²) in [5.41, 5.74) is 2.41. The van der Waals surface area contributed by atoms with Gasteiger partial charge in [0.15, 0.2) is 5.96 Å². The normalized spacial score (nSPS) is 14.5. The average Bonchev–Trinajstić information content (AvgIpc) is 2.81. The Morgan fingerprint density at radius 1 is 1.42 bits per heavy atom. The molecule has 1 aliphatic rings. The molecule has 0 atom stereocenters. The van der Waals surface area contributed by atoms with E-state index in [1.54, 1.807) is 0 Å². The van der Waals surface area contributed by atoms with Gasteiger partial charge in [0.25, 0.3) is 0 Å². The maximum atomic E-state index is 5.82. The van der Waals surface area contributed by atoms with E-state index in [1.165, 1.54) is 11.1 Å². The monoisotopic (exact) mass is 261 g/mol. The number of hydrogen-bond donors (Lipinski definition) is 1. The van der Waals surface area contributed by atoms with Gasteiger partial charge in [0.1, 0.15) is 5.75 Å². The first-order chi connectivity index (χ1) is 9.20. The van der Waals surface area contributed by atoms with Crippen molar-refractivity contribution in [3.8, 4) is 5.75 Å². The summed E-state index contributed by atoms with van der Waals surface area (Å²) in [6.07, 6.45) is 1.02. The Balaban J connectivity index is 2.02. The van der Waals surface area contributed by atoms with E-state index in [0.717, 1.165) is 44.4 Å². The van der Waals surface area contributed by atoms with E-state index < -0.39 is 0 Å². The molecule has 0 saturated carbocycles. The molecule has 0 amide bonds. The van der Waals surface area contributed by atoms with Crippen LogP contribution in [0.15, 0.2) is 23.2 Å². The highest BCUT2D eigenvalue weighted by Crippen LogP contribution is 2.20. The summed E-state index contributed by atoms with van der Waals surface area (Å²) >= 11 is 0. The summed E-state index contributed by atoms with van der Waals surface area (Å²) < 4.78 is 5.82. The zero-order valence-corrected chi connectivity index (χ0v) is 12.1. The lowest BCUT2D eigenvalue weighted by Gasteiger charge is -2.17. The molecule has 0 fully saturated rings. The summed E-state index contributed by atoms with van der Waals surface area (Å²) in [5.74, 6) is 1.96. The molecule has 1 heterocycles. The van der Waals surface area contributed by atoms with Gasteiger partial charge in [0, 0.05) is 25.7 Å². The Hall–Kier alpha value is -1.71. The van der Waals surface area contributed by atoms with Gasteiger partial charge in [-0.05, 0) is 25.0 Å². The standard InChI is InChI=1S/C15H23N3O/c1-4-9-19-14-10-12(2)5-6-13(14)11-17-15-16-7-8-18(15)3/h5-6,10H,4,7-9,11H2,1-3H3,(H,16,17). The first-order valence-electron chi connectivity index (χ1n) is 6.92. The van der Waals surface area contributed by atoms with Crippen molar-refractivity contribution in [3.63, 3.8) is 0 Å². The van der Waals surface area contributed by atoms with Gasteiger partial charge in [-0.2, -0.15) is 0 Å². The van der Waals surface area contributed by atoms with Crippen LogP contribution in [-0.2, 0) is 6.54 Å². The second-order valence-electron chi connectivity index (χ2n) is 4.94. The molecule has 4 nitrogen and oxygen atoms in total. The Bertz CT molecular complexity index is 457. The first-order valence-corrected chi connectivity index (χ1v) is 6.92. The van der Waals surface area contributed by atoms with Crippen molar-refractivity contribution >= 4 is 5.96 Å². The van der Waals surface area contributed by atoms with Gasteiger partial charge in [-0.3, -0.25) is 4.99 Å². The van der Waals surface area contributed by atoms with Gasteiger partial charge >= 0.3 is 0 Å². The number of aryl methyl sites for hydroxylation is 1. The summed E-state index contributed by atoms with van der Waals surface area (Å²) in [6, 6.07) is 6.35. The van der Waals surface area contributed by atoms with Crippen LogP contribution in [0.25, 0.3) is 0 Å². The predicted octanol–water partition coefficient (Wildman–Crippen LogP) is 2.17.